The number of hydrogen-bond acceptors (Lipinski definition) is 9. The average molecular weight is 583 g/mol. The summed E-state index contributed by atoms with van der Waals surface area (Å²) < 4.78 is 31.9. The molecule has 0 fully saturated rings. The van der Waals surface area contributed by atoms with E-state index in [2.05, 4.69) is 6.92 Å². The number of hydrogen-bond donors (Lipinski definition) is 3. The predicted molar refractivity (Wildman–Crippen MR) is 150 cm³/mol. The van der Waals surface area contributed by atoms with Gasteiger partial charge in [0.2, 0.25) is 0 Å². The maximum absolute atomic E-state index is 12.1. The minimum Gasteiger partial charge on any atom is -0.457 e. The van der Waals surface area contributed by atoms with Crippen molar-refractivity contribution < 1.29 is 47.8 Å². The van der Waals surface area contributed by atoms with Gasteiger partial charge in [-0.05, 0) is 12.8 Å². The second-order valence-corrected chi connectivity index (χ2v) is 11.6. The van der Waals surface area contributed by atoms with Crippen LogP contribution in [0.15, 0.2) is 0 Å². The van der Waals surface area contributed by atoms with Crippen LogP contribution in [0.1, 0.15) is 129 Å². The summed E-state index contributed by atoms with van der Waals surface area (Å²) in [6.07, 6.45) is 16.2. The molecule has 0 heterocycles. The van der Waals surface area contributed by atoms with Crippen LogP contribution in [0.25, 0.3) is 0 Å². The van der Waals surface area contributed by atoms with Crippen LogP contribution in [0.2, 0.25) is 0 Å². The first-order valence-electron chi connectivity index (χ1n) is 15.0. The first-order valence-corrected chi connectivity index (χ1v) is 16.5. The Morgan fingerprint density at radius 1 is 0.590 bits per heavy atom. The lowest BCUT2D eigenvalue weighted by atomic mass is 10.0. The normalized spacial score (nSPS) is 14.5. The first-order chi connectivity index (χ1) is 18.8. The Morgan fingerprint density at radius 3 is 1.26 bits per heavy atom. The molecule has 10 nitrogen and oxygen atoms in total. The van der Waals surface area contributed by atoms with Crippen LogP contribution >= 0.6 is 7.82 Å². The topological polar surface area (TPSA) is 149 Å². The van der Waals surface area contributed by atoms with Crippen molar-refractivity contribution in [1.82, 2.24) is 0 Å². The number of aliphatic hydroxyl groups is 2. The molecule has 3 N–H and O–H groups in total. The molecular formula is C28H55O10P. The van der Waals surface area contributed by atoms with Gasteiger partial charge < -0.3 is 24.6 Å². The first kappa shape index (κ1) is 38.0. The van der Waals surface area contributed by atoms with Gasteiger partial charge in [0.15, 0.2) is 0 Å². The minimum absolute atomic E-state index is 0.181. The predicted octanol–water partition coefficient (Wildman–Crippen LogP) is 5.99. The molecule has 0 radical (unpaired) electrons. The number of phosphoric ester groups is 1. The largest absolute Gasteiger partial charge is 0.472 e. The highest BCUT2D eigenvalue weighted by Gasteiger charge is 2.27. The number of rotatable bonds is 28. The number of esters is 2. The van der Waals surface area contributed by atoms with Crippen LogP contribution in [-0.4, -0.2) is 65.7 Å². The van der Waals surface area contributed by atoms with Crippen LogP contribution in [0.5, 0.6) is 0 Å². The van der Waals surface area contributed by atoms with E-state index in [0.29, 0.717) is 12.8 Å². The monoisotopic (exact) mass is 582 g/mol. The Bertz CT molecular complexity index is 646. The SMILES string of the molecule is CCCCCCCCCCCCCCCC(=O)OC(CO)COP(=O)(O)OCC(CO)OC(=O)CCCCC. The van der Waals surface area contributed by atoms with Crippen molar-refractivity contribution >= 4 is 19.8 Å². The Kier molecular flexibility index (Phi) is 25.2. The van der Waals surface area contributed by atoms with Gasteiger partial charge in [-0.1, -0.05) is 104 Å². The van der Waals surface area contributed by atoms with Gasteiger partial charge in [-0.15, -0.1) is 0 Å². The van der Waals surface area contributed by atoms with Crippen molar-refractivity contribution in [2.45, 2.75) is 142 Å². The number of unbranched alkanes of at least 4 members (excludes halogenated alkanes) is 14. The standard InChI is InChI=1S/C28H55O10P/c1-3-5-7-8-9-10-11-12-13-14-15-16-18-20-28(32)38-26(22-30)24-36-39(33,34)35-23-25(21-29)37-27(31)19-17-6-4-2/h25-26,29-30H,3-24H2,1-2H3,(H,33,34). The van der Waals surface area contributed by atoms with Gasteiger partial charge in [-0.3, -0.25) is 18.6 Å². The summed E-state index contributed by atoms with van der Waals surface area (Å²) in [6, 6.07) is 0. The molecule has 0 amide bonds. The molecule has 0 aromatic carbocycles. The molecule has 0 aromatic heterocycles. The summed E-state index contributed by atoms with van der Waals surface area (Å²) in [4.78, 5) is 33.7. The summed E-state index contributed by atoms with van der Waals surface area (Å²) in [6.45, 7) is 1.96. The highest BCUT2D eigenvalue weighted by molar-refractivity contribution is 7.47. The second-order valence-electron chi connectivity index (χ2n) is 10.1. The molecule has 0 bridgehead atoms. The van der Waals surface area contributed by atoms with E-state index in [1.807, 2.05) is 6.92 Å². The number of carbonyl (C=O) groups is 2. The maximum atomic E-state index is 12.1. The summed E-state index contributed by atoms with van der Waals surface area (Å²) >= 11 is 0. The van der Waals surface area contributed by atoms with E-state index in [9.17, 15) is 29.3 Å². The number of carbonyl (C=O) groups excluding carboxylic acids is 2. The van der Waals surface area contributed by atoms with Crippen molar-refractivity contribution in [3.63, 3.8) is 0 Å². The van der Waals surface area contributed by atoms with Gasteiger partial charge in [0, 0.05) is 12.8 Å². The van der Waals surface area contributed by atoms with Gasteiger partial charge in [-0.2, -0.15) is 0 Å². The van der Waals surface area contributed by atoms with Crippen LogP contribution in [0.3, 0.4) is 0 Å². The smallest absolute Gasteiger partial charge is 0.457 e. The van der Waals surface area contributed by atoms with E-state index < -0.39 is 58.4 Å². The van der Waals surface area contributed by atoms with Crippen molar-refractivity contribution in [3.05, 3.63) is 0 Å². The Balaban J connectivity index is 3.98. The summed E-state index contributed by atoms with van der Waals surface area (Å²) in [7, 11) is -4.60. The molecule has 0 aliphatic heterocycles. The average Bonchev–Trinajstić information content (AvgIpc) is 2.91. The van der Waals surface area contributed by atoms with Crippen LogP contribution < -0.4 is 0 Å². The molecule has 0 saturated carbocycles. The zero-order valence-corrected chi connectivity index (χ0v) is 25.3. The molecule has 39 heavy (non-hydrogen) atoms. The van der Waals surface area contributed by atoms with Crippen LogP contribution in [-0.2, 0) is 32.7 Å². The summed E-state index contributed by atoms with van der Waals surface area (Å²) in [5, 5.41) is 18.8. The van der Waals surface area contributed by atoms with Crippen molar-refractivity contribution in [2.75, 3.05) is 26.4 Å². The molecule has 0 aliphatic rings. The van der Waals surface area contributed by atoms with Gasteiger partial charge in [-0.25, -0.2) is 4.57 Å². The molecule has 11 heteroatoms. The third-order valence-electron chi connectivity index (χ3n) is 6.32. The molecule has 0 spiro atoms. The van der Waals surface area contributed by atoms with Gasteiger partial charge >= 0.3 is 19.8 Å². The molecule has 0 aliphatic carbocycles. The maximum Gasteiger partial charge on any atom is 0.472 e. The Morgan fingerprint density at radius 2 is 0.897 bits per heavy atom. The summed E-state index contributed by atoms with van der Waals surface area (Å²) in [5.74, 6) is -1.04. The fraction of sp³-hybridized carbons (Fsp3) is 0.929. The van der Waals surface area contributed by atoms with E-state index in [-0.39, 0.29) is 12.8 Å². The van der Waals surface area contributed by atoms with Crippen LogP contribution in [0, 0.1) is 0 Å². The lowest BCUT2D eigenvalue weighted by Crippen LogP contribution is -2.28. The van der Waals surface area contributed by atoms with Gasteiger partial charge in [0.05, 0.1) is 26.4 Å². The zero-order valence-electron chi connectivity index (χ0n) is 24.4. The van der Waals surface area contributed by atoms with E-state index >= 15 is 0 Å². The van der Waals surface area contributed by atoms with Crippen LogP contribution in [0.4, 0.5) is 0 Å². The molecule has 0 saturated heterocycles. The minimum atomic E-state index is -4.60. The summed E-state index contributed by atoms with van der Waals surface area (Å²) in [5.41, 5.74) is 0. The molecule has 0 rings (SSSR count). The van der Waals surface area contributed by atoms with Gasteiger partial charge in [0.1, 0.15) is 12.2 Å². The fourth-order valence-corrected chi connectivity index (χ4v) is 4.72. The third-order valence-corrected chi connectivity index (χ3v) is 7.27. The van der Waals surface area contributed by atoms with Crippen molar-refractivity contribution in [1.29, 1.82) is 0 Å². The molecule has 0 aromatic rings. The third kappa shape index (κ3) is 24.5. The lowest BCUT2D eigenvalue weighted by Gasteiger charge is -2.20. The van der Waals surface area contributed by atoms with Gasteiger partial charge in [0.25, 0.3) is 0 Å². The van der Waals surface area contributed by atoms with Crippen molar-refractivity contribution in [2.24, 2.45) is 0 Å². The molecule has 232 valence electrons. The molecular weight excluding hydrogens is 527 g/mol. The molecule has 3 atom stereocenters. The zero-order chi connectivity index (χ0) is 29.2. The fourth-order valence-electron chi connectivity index (χ4n) is 3.94. The number of phosphoric acid groups is 1. The Hall–Kier alpha value is -1.03. The highest BCUT2D eigenvalue weighted by Crippen LogP contribution is 2.43. The van der Waals surface area contributed by atoms with E-state index in [1.54, 1.807) is 0 Å². The van der Waals surface area contributed by atoms with E-state index in [0.717, 1.165) is 32.1 Å². The highest BCUT2D eigenvalue weighted by atomic mass is 31.2. The van der Waals surface area contributed by atoms with Crippen molar-refractivity contribution in [3.8, 4) is 0 Å². The number of aliphatic hydroxyl groups excluding tert-OH is 2. The Labute approximate surface area is 235 Å². The van der Waals surface area contributed by atoms with E-state index in [4.69, 9.17) is 18.5 Å². The number of ether oxygens (including phenoxy) is 2. The van der Waals surface area contributed by atoms with E-state index in [1.165, 1.54) is 57.8 Å². The lowest BCUT2D eigenvalue weighted by molar-refractivity contribution is -0.153. The quantitative estimate of drug-likeness (QED) is 0.0570. The second kappa shape index (κ2) is 25.9. The molecule has 3 unspecified atom stereocenters.